The number of hydrogen-bond donors (Lipinski definition) is 1. The van der Waals surface area contributed by atoms with Crippen molar-refractivity contribution in [2.75, 3.05) is 13.7 Å². The first kappa shape index (κ1) is 24.6. The minimum absolute atomic E-state index is 0.272. The van der Waals surface area contributed by atoms with E-state index in [4.69, 9.17) is 14.2 Å². The van der Waals surface area contributed by atoms with Gasteiger partial charge in [0.25, 0.3) is 0 Å². The van der Waals surface area contributed by atoms with Crippen LogP contribution < -0.4 is 10.1 Å². The van der Waals surface area contributed by atoms with Gasteiger partial charge in [0.05, 0.1) is 13.7 Å². The molecule has 0 spiro atoms. The van der Waals surface area contributed by atoms with E-state index >= 15 is 0 Å². The monoisotopic (exact) mass is 453 g/mol. The number of rotatable bonds is 8. The van der Waals surface area contributed by atoms with E-state index < -0.39 is 23.7 Å². The number of benzene rings is 2. The molecule has 178 valence electrons. The summed E-state index contributed by atoms with van der Waals surface area (Å²) in [6.45, 7) is 5.87. The van der Waals surface area contributed by atoms with Crippen LogP contribution in [0, 0.1) is 0 Å². The maximum Gasteiger partial charge on any atom is 0.408 e. The molecular weight excluding hydrogens is 418 g/mol. The van der Waals surface area contributed by atoms with E-state index in [0.29, 0.717) is 6.61 Å². The third-order valence-corrected chi connectivity index (χ3v) is 5.59. The van der Waals surface area contributed by atoms with Crippen molar-refractivity contribution in [1.82, 2.24) is 5.32 Å². The van der Waals surface area contributed by atoms with Crippen LogP contribution in [0.1, 0.15) is 55.9 Å². The Bertz CT molecular complexity index is 963. The van der Waals surface area contributed by atoms with Gasteiger partial charge in [-0.2, -0.15) is 0 Å². The summed E-state index contributed by atoms with van der Waals surface area (Å²) in [5.41, 5.74) is 4.45. The first-order valence-electron chi connectivity index (χ1n) is 11.6. The number of aryl methyl sites for hydroxylation is 2. The Morgan fingerprint density at radius 2 is 1.76 bits per heavy atom. The highest BCUT2D eigenvalue weighted by atomic mass is 16.6. The lowest BCUT2D eigenvalue weighted by Gasteiger charge is -2.22. The molecule has 6 nitrogen and oxygen atoms in total. The lowest BCUT2D eigenvalue weighted by Crippen LogP contribution is -2.45. The maximum absolute atomic E-state index is 12.2. The number of nitrogens with one attached hydrogen (secondary N) is 1. The highest BCUT2D eigenvalue weighted by Gasteiger charge is 2.25. The number of fused-ring (bicyclic) bond motifs is 1. The predicted octanol–water partition coefficient (Wildman–Crippen LogP) is 4.80. The molecule has 1 atom stereocenters. The fourth-order valence-corrected chi connectivity index (χ4v) is 4.01. The van der Waals surface area contributed by atoms with Gasteiger partial charge in [-0.05, 0) is 80.8 Å². The van der Waals surface area contributed by atoms with Crippen molar-refractivity contribution in [1.29, 1.82) is 0 Å². The molecular formula is C27H35NO5. The van der Waals surface area contributed by atoms with Gasteiger partial charge in [-0.1, -0.05) is 30.3 Å². The molecule has 1 aliphatic carbocycles. The SMILES string of the molecule is COC(=O)[C@H](Cc1cccc(OCCc2ccc3c(c2)CCCC3)c1)NC(=O)OC(C)(C)C. The van der Waals surface area contributed by atoms with E-state index in [9.17, 15) is 9.59 Å². The van der Waals surface area contributed by atoms with Gasteiger partial charge in [0, 0.05) is 12.8 Å². The van der Waals surface area contributed by atoms with Crippen molar-refractivity contribution in [2.45, 2.75) is 70.9 Å². The Labute approximate surface area is 196 Å². The van der Waals surface area contributed by atoms with Crippen LogP contribution in [-0.4, -0.2) is 37.4 Å². The van der Waals surface area contributed by atoms with Crippen LogP contribution in [0.3, 0.4) is 0 Å². The number of carbonyl (C=O) groups is 2. The minimum atomic E-state index is -0.851. The first-order chi connectivity index (χ1) is 15.7. The summed E-state index contributed by atoms with van der Waals surface area (Å²) in [5.74, 6) is 0.200. The van der Waals surface area contributed by atoms with Gasteiger partial charge in [-0.15, -0.1) is 0 Å². The van der Waals surface area contributed by atoms with Crippen LogP contribution in [0.5, 0.6) is 5.75 Å². The lowest BCUT2D eigenvalue weighted by molar-refractivity contribution is -0.143. The zero-order valence-corrected chi connectivity index (χ0v) is 20.1. The van der Waals surface area contributed by atoms with Gasteiger partial charge in [0.1, 0.15) is 17.4 Å². The molecule has 2 aromatic rings. The van der Waals surface area contributed by atoms with E-state index in [-0.39, 0.29) is 6.42 Å². The van der Waals surface area contributed by atoms with Crippen LogP contribution in [0.2, 0.25) is 0 Å². The topological polar surface area (TPSA) is 73.9 Å². The van der Waals surface area contributed by atoms with Crippen molar-refractivity contribution in [3.8, 4) is 5.75 Å². The third kappa shape index (κ3) is 7.81. The van der Waals surface area contributed by atoms with Crippen LogP contribution in [0.4, 0.5) is 4.79 Å². The molecule has 1 amide bonds. The predicted molar refractivity (Wildman–Crippen MR) is 128 cm³/mol. The number of ether oxygens (including phenoxy) is 3. The van der Waals surface area contributed by atoms with Crippen LogP contribution in [0.15, 0.2) is 42.5 Å². The molecule has 1 N–H and O–H groups in total. The average molecular weight is 454 g/mol. The highest BCUT2D eigenvalue weighted by Crippen LogP contribution is 2.23. The van der Waals surface area contributed by atoms with Crippen molar-refractivity contribution in [3.05, 3.63) is 64.7 Å². The molecule has 0 radical (unpaired) electrons. The van der Waals surface area contributed by atoms with Gasteiger partial charge >= 0.3 is 12.1 Å². The van der Waals surface area contributed by atoms with Crippen molar-refractivity contribution in [2.24, 2.45) is 0 Å². The number of carbonyl (C=O) groups excluding carboxylic acids is 2. The van der Waals surface area contributed by atoms with Gasteiger partial charge in [-0.3, -0.25) is 0 Å². The van der Waals surface area contributed by atoms with Gasteiger partial charge in [0.2, 0.25) is 0 Å². The molecule has 1 aliphatic rings. The number of methoxy groups -OCH3 is 1. The summed E-state index contributed by atoms with van der Waals surface area (Å²) in [5, 5.41) is 2.61. The lowest BCUT2D eigenvalue weighted by atomic mass is 9.90. The standard InChI is InChI=1S/C27H35NO5/c1-27(2,3)33-26(30)28-24(25(29)31-4)18-20-8-7-11-23(17-20)32-15-14-19-12-13-21-9-5-6-10-22(21)16-19/h7-8,11-13,16-17,24H,5-6,9-10,14-15,18H2,1-4H3,(H,28,30)/t24-/m0/s1. The van der Waals surface area contributed by atoms with Crippen LogP contribution in [-0.2, 0) is 40.0 Å². The summed E-state index contributed by atoms with van der Waals surface area (Å²) in [4.78, 5) is 24.4. The molecule has 0 bridgehead atoms. The summed E-state index contributed by atoms with van der Waals surface area (Å²) in [6.07, 6.45) is 5.37. The molecule has 3 rings (SSSR count). The highest BCUT2D eigenvalue weighted by molar-refractivity contribution is 5.81. The minimum Gasteiger partial charge on any atom is -0.493 e. The van der Waals surface area contributed by atoms with Gasteiger partial charge in [0.15, 0.2) is 0 Å². The largest absolute Gasteiger partial charge is 0.493 e. The number of hydrogen-bond acceptors (Lipinski definition) is 5. The second kappa shape index (κ2) is 11.2. The number of alkyl carbamates (subject to hydrolysis) is 1. The van der Waals surface area contributed by atoms with Crippen molar-refractivity contribution < 1.29 is 23.8 Å². The van der Waals surface area contributed by atoms with E-state index in [0.717, 1.165) is 17.7 Å². The Balaban J connectivity index is 1.57. The zero-order chi connectivity index (χ0) is 23.8. The average Bonchev–Trinajstić information content (AvgIpc) is 2.77. The second-order valence-corrected chi connectivity index (χ2v) is 9.48. The Morgan fingerprint density at radius 1 is 1.00 bits per heavy atom. The summed E-state index contributed by atoms with van der Waals surface area (Å²) < 4.78 is 16.1. The summed E-state index contributed by atoms with van der Waals surface area (Å²) in [6, 6.07) is 13.5. The van der Waals surface area contributed by atoms with Crippen molar-refractivity contribution >= 4 is 12.1 Å². The normalized spacial score (nSPS) is 14.1. The van der Waals surface area contributed by atoms with Crippen LogP contribution in [0.25, 0.3) is 0 Å². The van der Waals surface area contributed by atoms with E-state index in [2.05, 4.69) is 23.5 Å². The molecule has 0 unspecified atom stereocenters. The molecule has 0 saturated carbocycles. The Morgan fingerprint density at radius 3 is 2.48 bits per heavy atom. The third-order valence-electron chi connectivity index (χ3n) is 5.59. The summed E-state index contributed by atoms with van der Waals surface area (Å²) >= 11 is 0. The fourth-order valence-electron chi connectivity index (χ4n) is 4.01. The Hall–Kier alpha value is -3.02. The van der Waals surface area contributed by atoms with Gasteiger partial charge < -0.3 is 19.5 Å². The van der Waals surface area contributed by atoms with E-state index in [1.54, 1.807) is 20.8 Å². The Kier molecular flexibility index (Phi) is 8.37. The molecule has 0 heterocycles. The molecule has 0 fully saturated rings. The first-order valence-corrected chi connectivity index (χ1v) is 11.6. The fraction of sp³-hybridized carbons (Fsp3) is 0.481. The van der Waals surface area contributed by atoms with Gasteiger partial charge in [-0.25, -0.2) is 9.59 Å². The van der Waals surface area contributed by atoms with E-state index in [1.165, 1.54) is 49.5 Å². The number of amides is 1. The smallest absolute Gasteiger partial charge is 0.408 e. The van der Waals surface area contributed by atoms with Crippen molar-refractivity contribution in [3.63, 3.8) is 0 Å². The quantitative estimate of drug-likeness (QED) is 0.582. The molecule has 0 aliphatic heterocycles. The maximum atomic E-state index is 12.2. The zero-order valence-electron chi connectivity index (χ0n) is 20.1. The second-order valence-electron chi connectivity index (χ2n) is 9.48. The molecule has 0 aromatic heterocycles. The molecule has 2 aromatic carbocycles. The van der Waals surface area contributed by atoms with E-state index in [1.807, 2.05) is 24.3 Å². The summed E-state index contributed by atoms with van der Waals surface area (Å²) in [7, 11) is 1.30. The molecule has 6 heteroatoms. The number of esters is 1. The molecule has 33 heavy (non-hydrogen) atoms. The molecule has 0 saturated heterocycles. The van der Waals surface area contributed by atoms with Crippen LogP contribution >= 0.6 is 0 Å².